The van der Waals surface area contributed by atoms with E-state index in [-0.39, 0.29) is 17.5 Å². The number of rotatable bonds is 4. The summed E-state index contributed by atoms with van der Waals surface area (Å²) in [6.07, 6.45) is 2.17. The number of nitrogens with zero attached hydrogens (tertiary/aromatic N) is 2. The Bertz CT molecular complexity index is 803. The summed E-state index contributed by atoms with van der Waals surface area (Å²) >= 11 is 0. The lowest BCUT2D eigenvalue weighted by molar-refractivity contribution is 0.0677. The Hall–Kier alpha value is -2.69. The van der Waals surface area contributed by atoms with Gasteiger partial charge in [-0.15, -0.1) is 0 Å². The van der Waals surface area contributed by atoms with E-state index in [9.17, 15) is 9.59 Å². The molecule has 1 aromatic carbocycles. The molecule has 0 spiro atoms. The second kappa shape index (κ2) is 8.13. The van der Waals surface area contributed by atoms with Crippen molar-refractivity contribution >= 4 is 11.8 Å². The Balaban J connectivity index is 1.66. The molecule has 5 nitrogen and oxygen atoms in total. The van der Waals surface area contributed by atoms with E-state index in [1.807, 2.05) is 36.1 Å². The number of amides is 2. The number of aryl methyl sites for hydroxylation is 1. The largest absolute Gasteiger partial charge is 0.347 e. The molecule has 1 aliphatic heterocycles. The number of nitrogens with one attached hydrogen (secondary N) is 1. The minimum Gasteiger partial charge on any atom is -0.347 e. The van der Waals surface area contributed by atoms with Crippen molar-refractivity contribution in [1.82, 2.24) is 15.2 Å². The van der Waals surface area contributed by atoms with Crippen molar-refractivity contribution < 1.29 is 9.59 Å². The standard InChI is InChI=1S/C21H25N3O2/c1-15-6-3-8-17(12-15)13-22-20(25)18-9-4-10-19(23-18)21(26)24-11-5-7-16(2)14-24/h3-4,6,8-10,12,16H,5,7,11,13-14H2,1-2H3,(H,22,25). The van der Waals surface area contributed by atoms with Crippen LogP contribution in [0.5, 0.6) is 0 Å². The molecule has 2 amide bonds. The van der Waals surface area contributed by atoms with Gasteiger partial charge in [0.05, 0.1) is 0 Å². The van der Waals surface area contributed by atoms with Crippen LogP contribution in [-0.4, -0.2) is 34.8 Å². The van der Waals surface area contributed by atoms with Crippen molar-refractivity contribution in [3.8, 4) is 0 Å². The van der Waals surface area contributed by atoms with Gasteiger partial charge in [0.2, 0.25) is 0 Å². The summed E-state index contributed by atoms with van der Waals surface area (Å²) in [6.45, 7) is 6.12. The molecule has 26 heavy (non-hydrogen) atoms. The monoisotopic (exact) mass is 351 g/mol. The molecule has 2 aromatic rings. The van der Waals surface area contributed by atoms with Gasteiger partial charge < -0.3 is 10.2 Å². The van der Waals surface area contributed by atoms with Crippen molar-refractivity contribution in [2.24, 2.45) is 5.92 Å². The summed E-state index contributed by atoms with van der Waals surface area (Å²) in [7, 11) is 0. The molecule has 1 fully saturated rings. The van der Waals surface area contributed by atoms with Crippen LogP contribution in [0.15, 0.2) is 42.5 Å². The van der Waals surface area contributed by atoms with Gasteiger partial charge >= 0.3 is 0 Å². The van der Waals surface area contributed by atoms with Gasteiger partial charge in [0.1, 0.15) is 11.4 Å². The lowest BCUT2D eigenvalue weighted by atomic mass is 10.00. The summed E-state index contributed by atoms with van der Waals surface area (Å²) in [5.41, 5.74) is 2.79. The maximum Gasteiger partial charge on any atom is 0.272 e. The fourth-order valence-electron chi connectivity index (χ4n) is 3.31. The quantitative estimate of drug-likeness (QED) is 0.920. The molecule has 0 bridgehead atoms. The average molecular weight is 351 g/mol. The lowest BCUT2D eigenvalue weighted by Crippen LogP contribution is -2.39. The van der Waals surface area contributed by atoms with E-state index in [4.69, 9.17) is 0 Å². The first-order chi connectivity index (χ1) is 12.5. The van der Waals surface area contributed by atoms with Crippen molar-refractivity contribution in [3.63, 3.8) is 0 Å². The van der Waals surface area contributed by atoms with E-state index < -0.39 is 0 Å². The minimum absolute atomic E-state index is 0.0927. The number of piperidine rings is 1. The van der Waals surface area contributed by atoms with Crippen LogP contribution in [0.4, 0.5) is 0 Å². The van der Waals surface area contributed by atoms with Crippen molar-refractivity contribution in [2.45, 2.75) is 33.2 Å². The van der Waals surface area contributed by atoms with E-state index in [1.54, 1.807) is 18.2 Å². The highest BCUT2D eigenvalue weighted by atomic mass is 16.2. The Morgan fingerprint density at radius 3 is 2.73 bits per heavy atom. The zero-order chi connectivity index (χ0) is 18.5. The third-order valence-corrected chi connectivity index (χ3v) is 4.68. The molecule has 2 heterocycles. The minimum atomic E-state index is -0.270. The number of aromatic nitrogens is 1. The van der Waals surface area contributed by atoms with Crippen LogP contribution < -0.4 is 5.32 Å². The number of hydrogen-bond donors (Lipinski definition) is 1. The summed E-state index contributed by atoms with van der Waals surface area (Å²) in [6, 6.07) is 13.0. The molecule has 1 unspecified atom stereocenters. The van der Waals surface area contributed by atoms with Gasteiger partial charge in [0.15, 0.2) is 0 Å². The molecule has 136 valence electrons. The normalized spacial score (nSPS) is 17.0. The molecule has 0 saturated carbocycles. The van der Waals surface area contributed by atoms with Crippen LogP contribution in [0, 0.1) is 12.8 Å². The molecule has 5 heteroatoms. The van der Waals surface area contributed by atoms with Crippen LogP contribution in [0.3, 0.4) is 0 Å². The molecular formula is C21H25N3O2. The highest BCUT2D eigenvalue weighted by molar-refractivity contribution is 5.96. The summed E-state index contributed by atoms with van der Waals surface area (Å²) in [4.78, 5) is 31.2. The molecule has 1 N–H and O–H groups in total. The Kier molecular flexibility index (Phi) is 5.66. The second-order valence-electron chi connectivity index (χ2n) is 7.08. The number of hydrogen-bond acceptors (Lipinski definition) is 3. The van der Waals surface area contributed by atoms with Crippen LogP contribution >= 0.6 is 0 Å². The molecule has 1 aromatic heterocycles. The van der Waals surface area contributed by atoms with Gasteiger partial charge in [-0.25, -0.2) is 4.98 Å². The van der Waals surface area contributed by atoms with Crippen LogP contribution in [0.2, 0.25) is 0 Å². The third-order valence-electron chi connectivity index (χ3n) is 4.68. The zero-order valence-corrected chi connectivity index (χ0v) is 15.4. The number of benzene rings is 1. The molecule has 1 aliphatic rings. The fourth-order valence-corrected chi connectivity index (χ4v) is 3.31. The number of pyridine rings is 1. The topological polar surface area (TPSA) is 62.3 Å². The molecule has 1 saturated heterocycles. The van der Waals surface area contributed by atoms with Crippen LogP contribution in [-0.2, 0) is 6.54 Å². The summed E-state index contributed by atoms with van der Waals surface area (Å²) in [5, 5.41) is 2.87. The van der Waals surface area contributed by atoms with E-state index in [0.29, 0.717) is 18.2 Å². The summed E-state index contributed by atoms with van der Waals surface area (Å²) in [5.74, 6) is 0.145. The molecule has 0 radical (unpaired) electrons. The van der Waals surface area contributed by atoms with Crippen LogP contribution in [0.1, 0.15) is 51.9 Å². The second-order valence-corrected chi connectivity index (χ2v) is 7.08. The molecule has 0 aliphatic carbocycles. The number of likely N-dealkylation sites (tertiary alicyclic amines) is 1. The summed E-state index contributed by atoms with van der Waals surface area (Å²) < 4.78 is 0. The van der Waals surface area contributed by atoms with Gasteiger partial charge in [-0.05, 0) is 43.4 Å². The lowest BCUT2D eigenvalue weighted by Gasteiger charge is -2.30. The van der Waals surface area contributed by atoms with Gasteiger partial charge in [-0.1, -0.05) is 42.8 Å². The van der Waals surface area contributed by atoms with Gasteiger partial charge in [0.25, 0.3) is 11.8 Å². The first-order valence-electron chi connectivity index (χ1n) is 9.13. The van der Waals surface area contributed by atoms with Gasteiger partial charge in [-0.3, -0.25) is 9.59 Å². The molecular weight excluding hydrogens is 326 g/mol. The SMILES string of the molecule is Cc1cccc(CNC(=O)c2cccc(C(=O)N3CCCC(C)C3)n2)c1. The number of carbonyl (C=O) groups excluding carboxylic acids is 2. The molecule has 1 atom stereocenters. The fraction of sp³-hybridized carbons (Fsp3) is 0.381. The number of carbonyl (C=O) groups is 2. The predicted molar refractivity (Wildman–Crippen MR) is 101 cm³/mol. The van der Waals surface area contributed by atoms with Crippen molar-refractivity contribution in [3.05, 3.63) is 65.0 Å². The van der Waals surface area contributed by atoms with Gasteiger partial charge in [0, 0.05) is 19.6 Å². The molecule has 3 rings (SSSR count). The maximum atomic E-state index is 12.7. The Morgan fingerprint density at radius 1 is 1.19 bits per heavy atom. The average Bonchev–Trinajstić information content (AvgIpc) is 2.65. The zero-order valence-electron chi connectivity index (χ0n) is 15.4. The first kappa shape index (κ1) is 18.1. The van der Waals surface area contributed by atoms with Crippen molar-refractivity contribution in [1.29, 1.82) is 0 Å². The van der Waals surface area contributed by atoms with E-state index in [1.165, 1.54) is 0 Å². The van der Waals surface area contributed by atoms with E-state index in [2.05, 4.69) is 17.2 Å². The Labute approximate surface area is 154 Å². The van der Waals surface area contributed by atoms with E-state index >= 15 is 0 Å². The Morgan fingerprint density at radius 2 is 1.96 bits per heavy atom. The highest BCUT2D eigenvalue weighted by Gasteiger charge is 2.23. The predicted octanol–water partition coefficient (Wildman–Crippen LogP) is 3.19. The smallest absolute Gasteiger partial charge is 0.272 e. The first-order valence-corrected chi connectivity index (χ1v) is 9.13. The highest BCUT2D eigenvalue weighted by Crippen LogP contribution is 2.17. The van der Waals surface area contributed by atoms with Crippen molar-refractivity contribution in [2.75, 3.05) is 13.1 Å². The maximum absolute atomic E-state index is 12.7. The third kappa shape index (κ3) is 4.48. The van der Waals surface area contributed by atoms with E-state index in [0.717, 1.165) is 37.1 Å². The van der Waals surface area contributed by atoms with Crippen LogP contribution in [0.25, 0.3) is 0 Å². The van der Waals surface area contributed by atoms with Gasteiger partial charge in [-0.2, -0.15) is 0 Å².